The minimum Gasteiger partial charge on any atom is -0.478 e. The van der Waals surface area contributed by atoms with Crippen LogP contribution in [-0.4, -0.2) is 49.8 Å². The van der Waals surface area contributed by atoms with Crippen molar-refractivity contribution in [3.8, 4) is 11.1 Å². The third kappa shape index (κ3) is 5.56. The van der Waals surface area contributed by atoms with Gasteiger partial charge in [0.15, 0.2) is 0 Å². The number of likely N-dealkylation sites (tertiary alicyclic amines) is 1. The summed E-state index contributed by atoms with van der Waals surface area (Å²) >= 11 is 0. The summed E-state index contributed by atoms with van der Waals surface area (Å²) in [6.07, 6.45) is 4.10. The Bertz CT molecular complexity index is 907. The van der Waals surface area contributed by atoms with E-state index < -0.39 is 16.0 Å². The summed E-state index contributed by atoms with van der Waals surface area (Å²) in [5.74, 6) is -1.19. The summed E-state index contributed by atoms with van der Waals surface area (Å²) < 4.78 is 27.6. The number of benzene rings is 2. The van der Waals surface area contributed by atoms with E-state index in [1.165, 1.54) is 25.3 Å². The lowest BCUT2D eigenvalue weighted by Crippen LogP contribution is -2.32. The molecule has 1 fully saturated rings. The van der Waals surface area contributed by atoms with Gasteiger partial charge in [-0.1, -0.05) is 42.8 Å². The van der Waals surface area contributed by atoms with Crippen LogP contribution in [0.25, 0.3) is 11.1 Å². The molecule has 2 aromatic carbocycles. The average Bonchev–Trinajstić information content (AvgIpc) is 2.69. The van der Waals surface area contributed by atoms with Crippen LogP contribution < -0.4 is 4.72 Å². The largest absolute Gasteiger partial charge is 0.478 e. The van der Waals surface area contributed by atoms with Crippen LogP contribution in [0.1, 0.15) is 36.0 Å². The maximum atomic E-state index is 12.5. The van der Waals surface area contributed by atoms with Crippen LogP contribution in [0.4, 0.5) is 5.69 Å². The van der Waals surface area contributed by atoms with Gasteiger partial charge >= 0.3 is 5.97 Å². The monoisotopic (exact) mass is 402 g/mol. The van der Waals surface area contributed by atoms with Gasteiger partial charge in [-0.25, -0.2) is 13.2 Å². The number of rotatable bonds is 8. The summed E-state index contributed by atoms with van der Waals surface area (Å²) in [6.45, 7) is 2.79. The first-order chi connectivity index (χ1) is 13.4. The highest BCUT2D eigenvalue weighted by Crippen LogP contribution is 2.26. The zero-order chi connectivity index (χ0) is 20.0. The number of nitrogens with zero attached hydrogens (tertiary/aromatic N) is 1. The van der Waals surface area contributed by atoms with Gasteiger partial charge in [0.1, 0.15) is 0 Å². The molecule has 1 aliphatic rings. The van der Waals surface area contributed by atoms with Crippen molar-refractivity contribution in [3.63, 3.8) is 0 Å². The van der Waals surface area contributed by atoms with Crippen molar-refractivity contribution in [1.82, 2.24) is 4.90 Å². The van der Waals surface area contributed by atoms with Crippen molar-refractivity contribution < 1.29 is 18.3 Å². The van der Waals surface area contributed by atoms with E-state index >= 15 is 0 Å². The van der Waals surface area contributed by atoms with E-state index in [9.17, 15) is 18.3 Å². The molecule has 1 aliphatic heterocycles. The summed E-state index contributed by atoms with van der Waals surface area (Å²) in [6, 6.07) is 14.2. The van der Waals surface area contributed by atoms with Crippen LogP contribution in [0, 0.1) is 0 Å². The molecule has 1 saturated heterocycles. The standard InChI is InChI=1S/C21H26N2O4S/c24-21(25)19-11-10-18(17-8-3-1-4-9-17)16-20(19)22-28(26,27)15-7-14-23-12-5-2-6-13-23/h1,3-4,8-11,16,22H,2,5-7,12-15H2,(H,24,25). The summed E-state index contributed by atoms with van der Waals surface area (Å²) in [5.41, 5.74) is 1.70. The highest BCUT2D eigenvalue weighted by atomic mass is 32.2. The van der Waals surface area contributed by atoms with Gasteiger partial charge in [-0.2, -0.15) is 0 Å². The molecule has 2 aromatic rings. The Labute approximate surface area is 166 Å². The molecular formula is C21H26N2O4S. The Balaban J connectivity index is 1.72. The van der Waals surface area contributed by atoms with Crippen molar-refractivity contribution in [2.24, 2.45) is 0 Å². The number of hydrogen-bond donors (Lipinski definition) is 2. The molecule has 0 spiro atoms. The Morgan fingerprint density at radius 1 is 1.00 bits per heavy atom. The van der Waals surface area contributed by atoms with Crippen LogP contribution in [0.3, 0.4) is 0 Å². The van der Waals surface area contributed by atoms with Crippen LogP contribution >= 0.6 is 0 Å². The second-order valence-electron chi connectivity index (χ2n) is 7.11. The van der Waals surface area contributed by atoms with E-state index in [-0.39, 0.29) is 17.0 Å². The number of nitrogens with one attached hydrogen (secondary N) is 1. The normalized spacial score (nSPS) is 15.3. The molecule has 3 rings (SSSR count). The Kier molecular flexibility index (Phi) is 6.70. The predicted molar refractivity (Wildman–Crippen MR) is 111 cm³/mol. The molecule has 150 valence electrons. The van der Waals surface area contributed by atoms with Crippen LogP contribution in [0.2, 0.25) is 0 Å². The molecule has 2 N–H and O–H groups in total. The lowest BCUT2D eigenvalue weighted by Gasteiger charge is -2.26. The molecule has 6 nitrogen and oxygen atoms in total. The maximum absolute atomic E-state index is 12.5. The van der Waals surface area contributed by atoms with Gasteiger partial charge < -0.3 is 10.0 Å². The van der Waals surface area contributed by atoms with Gasteiger partial charge in [-0.3, -0.25) is 4.72 Å². The molecule has 0 aliphatic carbocycles. The second-order valence-corrected chi connectivity index (χ2v) is 8.95. The third-order valence-electron chi connectivity index (χ3n) is 4.96. The van der Waals surface area contributed by atoms with Crippen LogP contribution in [-0.2, 0) is 10.0 Å². The topological polar surface area (TPSA) is 86.7 Å². The van der Waals surface area contributed by atoms with E-state index in [0.717, 1.165) is 30.8 Å². The zero-order valence-electron chi connectivity index (χ0n) is 15.8. The highest BCUT2D eigenvalue weighted by Gasteiger charge is 2.18. The molecular weight excluding hydrogens is 376 g/mol. The number of aromatic carboxylic acids is 1. The summed E-state index contributed by atoms with van der Waals surface area (Å²) in [7, 11) is -3.63. The smallest absolute Gasteiger partial charge is 0.337 e. The molecule has 0 bridgehead atoms. The second kappa shape index (κ2) is 9.21. The third-order valence-corrected chi connectivity index (χ3v) is 6.32. The molecule has 0 radical (unpaired) electrons. The number of carboxylic acid groups (broad SMARTS) is 1. The van der Waals surface area contributed by atoms with Gasteiger partial charge in [0.05, 0.1) is 17.0 Å². The summed E-state index contributed by atoms with van der Waals surface area (Å²) in [5, 5.41) is 9.43. The van der Waals surface area contributed by atoms with Crippen molar-refractivity contribution >= 4 is 21.7 Å². The van der Waals surface area contributed by atoms with Gasteiger partial charge in [-0.15, -0.1) is 0 Å². The number of piperidine rings is 1. The Morgan fingerprint density at radius 2 is 1.71 bits per heavy atom. The van der Waals surface area contributed by atoms with Gasteiger partial charge in [0, 0.05) is 0 Å². The maximum Gasteiger partial charge on any atom is 0.337 e. The van der Waals surface area contributed by atoms with E-state index in [1.807, 2.05) is 30.3 Å². The van der Waals surface area contributed by atoms with Crippen molar-refractivity contribution in [1.29, 1.82) is 0 Å². The van der Waals surface area contributed by atoms with E-state index in [2.05, 4.69) is 9.62 Å². The van der Waals surface area contributed by atoms with Crippen molar-refractivity contribution in [2.45, 2.75) is 25.7 Å². The molecule has 0 unspecified atom stereocenters. The minimum absolute atomic E-state index is 0.0296. The number of anilines is 1. The molecule has 0 saturated carbocycles. The van der Waals surface area contributed by atoms with Crippen LogP contribution in [0.15, 0.2) is 48.5 Å². The number of carboxylic acids is 1. The number of sulfonamides is 1. The van der Waals surface area contributed by atoms with Gasteiger partial charge in [-0.05, 0) is 62.2 Å². The number of hydrogen-bond acceptors (Lipinski definition) is 4. The molecule has 28 heavy (non-hydrogen) atoms. The van der Waals surface area contributed by atoms with Crippen molar-refractivity contribution in [2.75, 3.05) is 30.1 Å². The van der Waals surface area contributed by atoms with Crippen LogP contribution in [0.5, 0.6) is 0 Å². The summed E-state index contributed by atoms with van der Waals surface area (Å²) in [4.78, 5) is 13.8. The fraction of sp³-hybridized carbons (Fsp3) is 0.381. The lowest BCUT2D eigenvalue weighted by molar-refractivity contribution is 0.0698. The van der Waals surface area contributed by atoms with Crippen molar-refractivity contribution in [3.05, 3.63) is 54.1 Å². The quantitative estimate of drug-likeness (QED) is 0.704. The highest BCUT2D eigenvalue weighted by molar-refractivity contribution is 7.92. The average molecular weight is 403 g/mol. The Hall–Kier alpha value is -2.38. The lowest BCUT2D eigenvalue weighted by atomic mass is 10.0. The molecule has 0 aromatic heterocycles. The molecule has 1 heterocycles. The van der Waals surface area contributed by atoms with Gasteiger partial charge in [0.2, 0.25) is 10.0 Å². The molecule has 0 atom stereocenters. The first-order valence-electron chi connectivity index (χ1n) is 9.60. The Morgan fingerprint density at radius 3 is 2.39 bits per heavy atom. The van der Waals surface area contributed by atoms with E-state index in [4.69, 9.17) is 0 Å². The minimum atomic E-state index is -3.63. The van der Waals surface area contributed by atoms with E-state index in [1.54, 1.807) is 12.1 Å². The first-order valence-corrected chi connectivity index (χ1v) is 11.3. The van der Waals surface area contributed by atoms with E-state index in [0.29, 0.717) is 6.42 Å². The molecule has 0 amide bonds. The number of carbonyl (C=O) groups is 1. The predicted octanol–water partition coefficient (Wildman–Crippen LogP) is 3.67. The fourth-order valence-electron chi connectivity index (χ4n) is 3.51. The molecule has 7 heteroatoms. The fourth-order valence-corrected chi connectivity index (χ4v) is 4.62. The SMILES string of the molecule is O=C(O)c1ccc(-c2ccccc2)cc1NS(=O)(=O)CCCN1CCCCC1. The first kappa shape index (κ1) is 20.4. The van der Waals surface area contributed by atoms with Gasteiger partial charge in [0.25, 0.3) is 0 Å². The zero-order valence-corrected chi connectivity index (χ0v) is 16.6.